The first kappa shape index (κ1) is 18.1. The molecular weight excluding hydrogens is 339 g/mol. The maximum atomic E-state index is 13.7. The van der Waals surface area contributed by atoms with Crippen LogP contribution in [0.2, 0.25) is 0 Å². The number of nitrogens with zero attached hydrogens (tertiary/aromatic N) is 4. The van der Waals surface area contributed by atoms with Gasteiger partial charge in [-0.15, -0.1) is 0 Å². The van der Waals surface area contributed by atoms with Crippen molar-refractivity contribution in [3.63, 3.8) is 0 Å². The van der Waals surface area contributed by atoms with Crippen molar-refractivity contribution in [3.8, 4) is 5.75 Å². The Kier molecular flexibility index (Phi) is 5.62. The van der Waals surface area contributed by atoms with E-state index in [9.17, 15) is 14.3 Å². The molecule has 1 saturated heterocycles. The molecule has 1 N–H and O–H groups in total. The number of rotatable bonds is 5. The fourth-order valence-corrected chi connectivity index (χ4v) is 3.25. The molecule has 0 amide bonds. The van der Waals surface area contributed by atoms with Gasteiger partial charge in [-0.1, -0.05) is 0 Å². The van der Waals surface area contributed by atoms with Crippen LogP contribution in [0.3, 0.4) is 0 Å². The number of hydrogen-bond acceptors (Lipinski definition) is 6. The van der Waals surface area contributed by atoms with E-state index in [4.69, 9.17) is 4.74 Å². The van der Waals surface area contributed by atoms with Crippen LogP contribution >= 0.6 is 0 Å². The molecule has 7 nitrogen and oxygen atoms in total. The molecule has 1 aliphatic rings. The first-order chi connectivity index (χ1) is 12.6. The normalized spacial score (nSPS) is 16.8. The van der Waals surface area contributed by atoms with Crippen molar-refractivity contribution in [3.05, 3.63) is 48.0 Å². The average Bonchev–Trinajstić information content (AvgIpc) is 2.89. The third-order valence-electron chi connectivity index (χ3n) is 4.45. The van der Waals surface area contributed by atoms with E-state index in [2.05, 4.69) is 9.97 Å². The van der Waals surface area contributed by atoms with Crippen LogP contribution in [0.1, 0.15) is 18.0 Å². The smallest absolute Gasteiger partial charge is 0.325 e. The summed E-state index contributed by atoms with van der Waals surface area (Å²) in [5.41, 5.74) is 0.324. The van der Waals surface area contributed by atoms with E-state index in [0.29, 0.717) is 36.9 Å². The first-order valence-corrected chi connectivity index (χ1v) is 8.42. The average molecular weight is 360 g/mol. The molecule has 1 aliphatic heterocycles. The Morgan fingerprint density at radius 2 is 2.00 bits per heavy atom. The number of benzene rings is 1. The SMILES string of the molecule is COc1ccc(F)cc1[C@H](C(=O)O)N1CCCN(c2ncccn2)CC1. The molecule has 1 fully saturated rings. The van der Waals surface area contributed by atoms with Gasteiger partial charge in [-0.3, -0.25) is 9.69 Å². The molecule has 2 heterocycles. The van der Waals surface area contributed by atoms with Crippen molar-refractivity contribution >= 4 is 11.9 Å². The maximum absolute atomic E-state index is 13.7. The number of carboxylic acids is 1. The second kappa shape index (κ2) is 8.09. The highest BCUT2D eigenvalue weighted by molar-refractivity contribution is 5.76. The maximum Gasteiger partial charge on any atom is 0.325 e. The Morgan fingerprint density at radius 1 is 1.23 bits per heavy atom. The monoisotopic (exact) mass is 360 g/mol. The van der Waals surface area contributed by atoms with Crippen molar-refractivity contribution in [2.24, 2.45) is 0 Å². The highest BCUT2D eigenvalue weighted by Crippen LogP contribution is 2.31. The molecule has 26 heavy (non-hydrogen) atoms. The van der Waals surface area contributed by atoms with Gasteiger partial charge in [0.05, 0.1) is 7.11 Å². The van der Waals surface area contributed by atoms with Crippen molar-refractivity contribution in [2.45, 2.75) is 12.5 Å². The molecule has 0 radical (unpaired) electrons. The van der Waals surface area contributed by atoms with E-state index in [1.807, 2.05) is 9.80 Å². The van der Waals surface area contributed by atoms with Gasteiger partial charge in [-0.2, -0.15) is 0 Å². The van der Waals surface area contributed by atoms with Gasteiger partial charge in [0.15, 0.2) is 0 Å². The molecule has 3 rings (SSSR count). The Morgan fingerprint density at radius 3 is 2.69 bits per heavy atom. The minimum absolute atomic E-state index is 0.324. The fourth-order valence-electron chi connectivity index (χ4n) is 3.25. The second-order valence-electron chi connectivity index (χ2n) is 6.05. The number of aromatic nitrogens is 2. The third kappa shape index (κ3) is 3.91. The number of hydrogen-bond donors (Lipinski definition) is 1. The zero-order valence-electron chi connectivity index (χ0n) is 14.5. The summed E-state index contributed by atoms with van der Waals surface area (Å²) in [6.45, 7) is 2.38. The summed E-state index contributed by atoms with van der Waals surface area (Å²) in [6, 6.07) is 4.74. The number of carbonyl (C=O) groups is 1. The van der Waals surface area contributed by atoms with E-state index in [-0.39, 0.29) is 0 Å². The van der Waals surface area contributed by atoms with Gasteiger partial charge in [0.1, 0.15) is 17.6 Å². The van der Waals surface area contributed by atoms with Gasteiger partial charge in [-0.25, -0.2) is 14.4 Å². The van der Waals surface area contributed by atoms with Gasteiger partial charge >= 0.3 is 5.97 Å². The molecule has 1 atom stereocenters. The van der Waals surface area contributed by atoms with Crippen LogP contribution in [-0.4, -0.2) is 59.2 Å². The zero-order valence-corrected chi connectivity index (χ0v) is 14.5. The standard InChI is InChI=1S/C18H21FN4O3/c1-26-15-5-4-13(19)12-14(15)16(17(24)25)22-8-3-9-23(11-10-22)18-20-6-2-7-21-18/h2,4-7,12,16H,3,8-11H2,1H3,(H,24,25)/t16-/m1/s1. The lowest BCUT2D eigenvalue weighted by atomic mass is 10.0. The quantitative estimate of drug-likeness (QED) is 0.873. The van der Waals surface area contributed by atoms with E-state index >= 15 is 0 Å². The molecule has 0 spiro atoms. The fraction of sp³-hybridized carbons (Fsp3) is 0.389. The minimum Gasteiger partial charge on any atom is -0.496 e. The number of anilines is 1. The summed E-state index contributed by atoms with van der Waals surface area (Å²) in [4.78, 5) is 24.4. The number of halogens is 1. The number of aliphatic carboxylic acids is 1. The Balaban J connectivity index is 1.83. The van der Waals surface area contributed by atoms with Crippen LogP contribution in [0.25, 0.3) is 0 Å². The van der Waals surface area contributed by atoms with Crippen LogP contribution in [-0.2, 0) is 4.79 Å². The zero-order chi connectivity index (χ0) is 18.5. The summed E-state index contributed by atoms with van der Waals surface area (Å²) >= 11 is 0. The second-order valence-corrected chi connectivity index (χ2v) is 6.05. The molecule has 2 aromatic rings. The number of carboxylic acid groups (broad SMARTS) is 1. The Bertz CT molecular complexity index is 759. The number of ether oxygens (including phenoxy) is 1. The summed E-state index contributed by atoms with van der Waals surface area (Å²) in [5, 5.41) is 9.81. The highest BCUT2D eigenvalue weighted by Gasteiger charge is 2.32. The molecule has 0 unspecified atom stereocenters. The lowest BCUT2D eigenvalue weighted by Crippen LogP contribution is -2.37. The van der Waals surface area contributed by atoms with E-state index in [1.54, 1.807) is 18.5 Å². The van der Waals surface area contributed by atoms with Crippen LogP contribution in [0, 0.1) is 5.82 Å². The molecule has 0 saturated carbocycles. The van der Waals surface area contributed by atoms with E-state index in [1.165, 1.54) is 25.3 Å². The largest absolute Gasteiger partial charge is 0.496 e. The summed E-state index contributed by atoms with van der Waals surface area (Å²) in [7, 11) is 1.45. The van der Waals surface area contributed by atoms with E-state index in [0.717, 1.165) is 13.0 Å². The third-order valence-corrected chi connectivity index (χ3v) is 4.45. The van der Waals surface area contributed by atoms with E-state index < -0.39 is 17.8 Å². The molecular formula is C18H21FN4O3. The first-order valence-electron chi connectivity index (χ1n) is 8.42. The van der Waals surface area contributed by atoms with Gasteiger partial charge in [-0.05, 0) is 30.7 Å². The van der Waals surface area contributed by atoms with Gasteiger partial charge in [0, 0.05) is 44.1 Å². The van der Waals surface area contributed by atoms with Crippen LogP contribution < -0.4 is 9.64 Å². The van der Waals surface area contributed by atoms with Gasteiger partial charge in [0.2, 0.25) is 5.95 Å². The predicted octanol–water partition coefficient (Wildman–Crippen LogP) is 1.96. The summed E-state index contributed by atoms with van der Waals surface area (Å²) < 4.78 is 19.0. The van der Waals surface area contributed by atoms with Gasteiger partial charge < -0.3 is 14.7 Å². The molecule has 0 aliphatic carbocycles. The van der Waals surface area contributed by atoms with Crippen molar-refractivity contribution in [2.75, 3.05) is 38.2 Å². The highest BCUT2D eigenvalue weighted by atomic mass is 19.1. The van der Waals surface area contributed by atoms with Crippen LogP contribution in [0.4, 0.5) is 10.3 Å². The van der Waals surface area contributed by atoms with Crippen molar-refractivity contribution < 1.29 is 19.0 Å². The van der Waals surface area contributed by atoms with Crippen LogP contribution in [0.15, 0.2) is 36.7 Å². The molecule has 8 heteroatoms. The topological polar surface area (TPSA) is 78.8 Å². The van der Waals surface area contributed by atoms with Crippen LogP contribution in [0.5, 0.6) is 5.75 Å². The number of methoxy groups -OCH3 is 1. The summed E-state index contributed by atoms with van der Waals surface area (Å²) in [6.07, 6.45) is 4.12. The molecule has 1 aromatic carbocycles. The van der Waals surface area contributed by atoms with Crippen molar-refractivity contribution in [1.29, 1.82) is 0 Å². The lowest BCUT2D eigenvalue weighted by molar-refractivity contribution is -0.143. The Hall–Kier alpha value is -2.74. The molecule has 0 bridgehead atoms. The van der Waals surface area contributed by atoms with Crippen molar-refractivity contribution in [1.82, 2.24) is 14.9 Å². The minimum atomic E-state index is -1.03. The Labute approximate surface area is 151 Å². The summed E-state index contributed by atoms with van der Waals surface area (Å²) in [5.74, 6) is -0.518. The predicted molar refractivity (Wildman–Crippen MR) is 93.8 cm³/mol. The molecule has 138 valence electrons. The molecule has 1 aromatic heterocycles. The van der Waals surface area contributed by atoms with Gasteiger partial charge in [0.25, 0.3) is 0 Å². The lowest BCUT2D eigenvalue weighted by Gasteiger charge is -2.28.